The highest BCUT2D eigenvalue weighted by molar-refractivity contribution is 9.10. The summed E-state index contributed by atoms with van der Waals surface area (Å²) < 4.78 is 2.26. The molecule has 0 spiro atoms. The van der Waals surface area contributed by atoms with E-state index in [1.807, 2.05) is 31.2 Å². The maximum atomic E-state index is 11.3. The lowest BCUT2D eigenvalue weighted by atomic mass is 10.1. The molecule has 0 aliphatic carbocycles. The number of aliphatic carboxylic acids is 1. The van der Waals surface area contributed by atoms with E-state index >= 15 is 0 Å². The summed E-state index contributed by atoms with van der Waals surface area (Å²) in [6.45, 7) is 1.93. The number of aromatic nitrogens is 4. The summed E-state index contributed by atoms with van der Waals surface area (Å²) in [5.74, 6) is -0.465. The summed E-state index contributed by atoms with van der Waals surface area (Å²) in [7, 11) is 0. The minimum Gasteiger partial charge on any atom is -0.480 e. The molecule has 1 unspecified atom stereocenters. The minimum absolute atomic E-state index is 0.460. The summed E-state index contributed by atoms with van der Waals surface area (Å²) in [4.78, 5) is 11.3. The molecule has 2 rings (SSSR count). The zero-order valence-electron chi connectivity index (χ0n) is 10.3. The second kappa shape index (κ2) is 5.92. The molecule has 1 N–H and O–H groups in total. The molecule has 1 heterocycles. The van der Waals surface area contributed by atoms with Crippen LogP contribution in [0.15, 0.2) is 28.7 Å². The van der Waals surface area contributed by atoms with Crippen LogP contribution in [0.5, 0.6) is 0 Å². The molecule has 0 radical (unpaired) electrons. The maximum Gasteiger partial charge on any atom is 0.328 e. The van der Waals surface area contributed by atoms with E-state index in [0.717, 1.165) is 16.5 Å². The molecule has 2 aromatic rings. The van der Waals surface area contributed by atoms with E-state index in [0.29, 0.717) is 12.2 Å². The van der Waals surface area contributed by atoms with Crippen LogP contribution in [0.4, 0.5) is 0 Å². The molecular weight excluding hydrogens is 312 g/mol. The van der Waals surface area contributed by atoms with Crippen molar-refractivity contribution in [1.29, 1.82) is 0 Å². The third-order valence-corrected chi connectivity index (χ3v) is 3.21. The first-order valence-electron chi connectivity index (χ1n) is 5.90. The Bertz CT molecular complexity index is 585. The summed E-state index contributed by atoms with van der Waals surface area (Å²) in [6, 6.07) is 6.70. The molecule has 19 heavy (non-hydrogen) atoms. The minimum atomic E-state index is -0.926. The van der Waals surface area contributed by atoms with Gasteiger partial charge in [-0.1, -0.05) is 41.4 Å². The van der Waals surface area contributed by atoms with Gasteiger partial charge in [0.15, 0.2) is 11.9 Å². The molecule has 0 bridgehead atoms. The standard InChI is InChI=1S/C12H13BrN4O2/c1-2-4-10(12(18)19)17-11(14-15-16-17)8-5-3-6-9(13)7-8/h3,5-7,10H,2,4H2,1H3,(H,18,19). The van der Waals surface area contributed by atoms with Gasteiger partial charge < -0.3 is 5.11 Å². The van der Waals surface area contributed by atoms with Crippen molar-refractivity contribution in [2.75, 3.05) is 0 Å². The Balaban J connectivity index is 2.44. The molecule has 0 aliphatic heterocycles. The molecule has 0 amide bonds. The Hall–Kier alpha value is -1.76. The fourth-order valence-electron chi connectivity index (χ4n) is 1.84. The predicted octanol–water partition coefficient (Wildman–Crippen LogP) is 2.53. The van der Waals surface area contributed by atoms with Crippen molar-refractivity contribution in [2.24, 2.45) is 0 Å². The molecule has 0 saturated carbocycles. The van der Waals surface area contributed by atoms with Crippen LogP contribution in [-0.2, 0) is 4.79 Å². The Kier molecular flexibility index (Phi) is 4.26. The lowest BCUT2D eigenvalue weighted by molar-refractivity contribution is -0.141. The molecule has 0 aliphatic rings. The molecule has 1 aromatic heterocycles. The van der Waals surface area contributed by atoms with Gasteiger partial charge >= 0.3 is 5.97 Å². The van der Waals surface area contributed by atoms with Crippen LogP contribution in [0.3, 0.4) is 0 Å². The summed E-state index contributed by atoms with van der Waals surface area (Å²) in [5.41, 5.74) is 0.779. The Morgan fingerprint density at radius 3 is 2.95 bits per heavy atom. The van der Waals surface area contributed by atoms with E-state index in [4.69, 9.17) is 0 Å². The number of carboxylic acids is 1. The number of benzene rings is 1. The Morgan fingerprint density at radius 1 is 1.53 bits per heavy atom. The maximum absolute atomic E-state index is 11.3. The number of nitrogens with zero attached hydrogens (tertiary/aromatic N) is 4. The van der Waals surface area contributed by atoms with Crippen LogP contribution >= 0.6 is 15.9 Å². The highest BCUT2D eigenvalue weighted by atomic mass is 79.9. The van der Waals surface area contributed by atoms with Gasteiger partial charge in [0, 0.05) is 10.0 Å². The van der Waals surface area contributed by atoms with Crippen molar-refractivity contribution in [1.82, 2.24) is 20.2 Å². The third kappa shape index (κ3) is 2.98. The highest BCUT2D eigenvalue weighted by Gasteiger charge is 2.24. The molecule has 100 valence electrons. The van der Waals surface area contributed by atoms with E-state index in [-0.39, 0.29) is 0 Å². The monoisotopic (exact) mass is 324 g/mol. The van der Waals surface area contributed by atoms with E-state index in [1.54, 1.807) is 0 Å². The van der Waals surface area contributed by atoms with Gasteiger partial charge in [0.1, 0.15) is 0 Å². The van der Waals surface area contributed by atoms with Gasteiger partial charge in [0.25, 0.3) is 0 Å². The van der Waals surface area contributed by atoms with Crippen LogP contribution in [0, 0.1) is 0 Å². The van der Waals surface area contributed by atoms with E-state index in [2.05, 4.69) is 31.5 Å². The first-order chi connectivity index (χ1) is 9.13. The van der Waals surface area contributed by atoms with E-state index < -0.39 is 12.0 Å². The molecule has 6 nitrogen and oxygen atoms in total. The average Bonchev–Trinajstić information content (AvgIpc) is 2.84. The normalized spacial score (nSPS) is 12.3. The topological polar surface area (TPSA) is 80.9 Å². The van der Waals surface area contributed by atoms with Crippen molar-refractivity contribution in [3.63, 3.8) is 0 Å². The number of hydrogen-bond acceptors (Lipinski definition) is 4. The van der Waals surface area contributed by atoms with Gasteiger partial charge in [0.05, 0.1) is 0 Å². The van der Waals surface area contributed by atoms with Crippen LogP contribution in [0.2, 0.25) is 0 Å². The first-order valence-corrected chi connectivity index (χ1v) is 6.69. The average molecular weight is 325 g/mol. The quantitative estimate of drug-likeness (QED) is 0.913. The first kappa shape index (κ1) is 13.7. The van der Waals surface area contributed by atoms with Crippen molar-refractivity contribution in [2.45, 2.75) is 25.8 Å². The predicted molar refractivity (Wildman–Crippen MR) is 72.5 cm³/mol. The molecule has 0 fully saturated rings. The molecule has 0 saturated heterocycles. The van der Waals surface area contributed by atoms with Gasteiger partial charge in [-0.25, -0.2) is 9.48 Å². The zero-order valence-corrected chi connectivity index (χ0v) is 11.9. The Morgan fingerprint density at radius 2 is 2.32 bits per heavy atom. The van der Waals surface area contributed by atoms with Crippen LogP contribution in [0.25, 0.3) is 11.4 Å². The fraction of sp³-hybridized carbons (Fsp3) is 0.333. The van der Waals surface area contributed by atoms with Gasteiger partial charge in [-0.15, -0.1) is 5.10 Å². The van der Waals surface area contributed by atoms with E-state index in [9.17, 15) is 9.90 Å². The molecule has 1 aromatic carbocycles. The fourth-order valence-corrected chi connectivity index (χ4v) is 2.24. The summed E-state index contributed by atoms with van der Waals surface area (Å²) >= 11 is 3.37. The summed E-state index contributed by atoms with van der Waals surface area (Å²) in [6.07, 6.45) is 1.23. The number of carbonyl (C=O) groups is 1. The van der Waals surface area contributed by atoms with E-state index in [1.165, 1.54) is 4.68 Å². The lowest BCUT2D eigenvalue weighted by Crippen LogP contribution is -2.21. The number of rotatable bonds is 5. The SMILES string of the molecule is CCCC(C(=O)O)n1nnnc1-c1cccc(Br)c1. The van der Waals surface area contributed by atoms with Gasteiger partial charge in [0.2, 0.25) is 0 Å². The van der Waals surface area contributed by atoms with Crippen molar-refractivity contribution < 1.29 is 9.90 Å². The van der Waals surface area contributed by atoms with Crippen LogP contribution in [0.1, 0.15) is 25.8 Å². The second-order valence-electron chi connectivity index (χ2n) is 4.10. The zero-order chi connectivity index (χ0) is 13.8. The van der Waals surface area contributed by atoms with Crippen molar-refractivity contribution in [3.8, 4) is 11.4 Å². The summed E-state index contributed by atoms with van der Waals surface area (Å²) in [5, 5.41) is 20.6. The number of hydrogen-bond donors (Lipinski definition) is 1. The number of carboxylic acid groups (broad SMARTS) is 1. The molecule has 7 heteroatoms. The largest absolute Gasteiger partial charge is 0.480 e. The number of tetrazole rings is 1. The highest BCUT2D eigenvalue weighted by Crippen LogP contribution is 2.24. The van der Waals surface area contributed by atoms with Gasteiger partial charge in [-0.2, -0.15) is 0 Å². The lowest BCUT2D eigenvalue weighted by Gasteiger charge is -2.13. The third-order valence-electron chi connectivity index (χ3n) is 2.72. The van der Waals surface area contributed by atoms with Crippen LogP contribution < -0.4 is 0 Å². The molecule has 1 atom stereocenters. The van der Waals surface area contributed by atoms with Crippen molar-refractivity contribution in [3.05, 3.63) is 28.7 Å². The number of halogens is 1. The molecular formula is C12H13BrN4O2. The van der Waals surface area contributed by atoms with Crippen LogP contribution in [-0.4, -0.2) is 31.3 Å². The van der Waals surface area contributed by atoms with Gasteiger partial charge in [-0.3, -0.25) is 0 Å². The Labute approximate surface area is 118 Å². The smallest absolute Gasteiger partial charge is 0.328 e. The second-order valence-corrected chi connectivity index (χ2v) is 5.02. The van der Waals surface area contributed by atoms with Gasteiger partial charge in [-0.05, 0) is 29.0 Å². The van der Waals surface area contributed by atoms with Crippen molar-refractivity contribution >= 4 is 21.9 Å².